The van der Waals surface area contributed by atoms with Crippen molar-refractivity contribution in [1.82, 2.24) is 14.8 Å². The molecule has 0 amide bonds. The highest BCUT2D eigenvalue weighted by Crippen LogP contribution is 2.33. The summed E-state index contributed by atoms with van der Waals surface area (Å²) in [6, 6.07) is 18.0. The summed E-state index contributed by atoms with van der Waals surface area (Å²) < 4.78 is 27.1. The Labute approximate surface area is 157 Å². The summed E-state index contributed by atoms with van der Waals surface area (Å²) >= 11 is 0. The first-order chi connectivity index (χ1) is 12.9. The smallest absolute Gasteiger partial charge is 0.250 e. The minimum atomic E-state index is -3.47. The molecule has 0 aliphatic carbocycles. The van der Waals surface area contributed by atoms with Gasteiger partial charge in [0.1, 0.15) is 0 Å². The molecule has 0 saturated heterocycles. The molecule has 7 nitrogen and oxygen atoms in total. The maximum absolute atomic E-state index is 11.6. The van der Waals surface area contributed by atoms with Gasteiger partial charge in [0.05, 0.1) is 18.0 Å². The van der Waals surface area contributed by atoms with Crippen LogP contribution in [0.25, 0.3) is 0 Å². The first-order valence-corrected chi connectivity index (χ1v) is 10.4. The zero-order valence-corrected chi connectivity index (χ0v) is 15.8. The number of benzene rings is 2. The lowest BCUT2D eigenvalue weighted by Crippen LogP contribution is -2.21. The Morgan fingerprint density at radius 3 is 2.44 bits per heavy atom. The number of aromatic nitrogens is 3. The highest BCUT2D eigenvalue weighted by atomic mass is 32.2. The fourth-order valence-corrected chi connectivity index (χ4v) is 3.52. The summed E-state index contributed by atoms with van der Waals surface area (Å²) in [6.45, 7) is 2.04. The third kappa shape index (κ3) is 3.75. The molecule has 2 heterocycles. The molecule has 1 atom stereocenters. The van der Waals surface area contributed by atoms with Gasteiger partial charge in [0.25, 0.3) is 11.9 Å². The zero-order chi connectivity index (χ0) is 19.0. The normalized spacial score (nSPS) is 16.5. The molecule has 138 valence electrons. The molecule has 1 unspecified atom stereocenters. The van der Waals surface area contributed by atoms with Crippen molar-refractivity contribution in [3.63, 3.8) is 0 Å². The van der Waals surface area contributed by atoms with Gasteiger partial charge >= 0.3 is 0 Å². The van der Waals surface area contributed by atoms with Crippen molar-refractivity contribution in [2.75, 3.05) is 11.0 Å². The molecule has 1 aliphatic heterocycles. The van der Waals surface area contributed by atoms with Crippen LogP contribution in [0.5, 0.6) is 0 Å². The fraction of sp³-hybridized carbons (Fsp3) is 0.211. The van der Waals surface area contributed by atoms with Gasteiger partial charge in [-0.15, -0.1) is 5.10 Å². The number of sulfonamides is 1. The Balaban J connectivity index is 1.81. The highest BCUT2D eigenvalue weighted by molar-refractivity contribution is 7.91. The molecule has 27 heavy (non-hydrogen) atoms. The number of nitrogens with one attached hydrogen (secondary N) is 1. The average molecular weight is 381 g/mol. The van der Waals surface area contributed by atoms with Crippen LogP contribution in [0.4, 0.5) is 11.9 Å². The van der Waals surface area contributed by atoms with Crippen LogP contribution in [-0.4, -0.2) is 35.1 Å². The van der Waals surface area contributed by atoms with Crippen LogP contribution in [0.3, 0.4) is 0 Å². The number of aliphatic imine (C=N–C) groups is 1. The number of hydrogen-bond acceptors (Lipinski definition) is 5. The second-order valence-corrected chi connectivity index (χ2v) is 8.36. The molecule has 0 radical (unpaired) electrons. The van der Waals surface area contributed by atoms with Crippen LogP contribution in [0, 0.1) is 6.92 Å². The van der Waals surface area contributed by atoms with Crippen molar-refractivity contribution in [3.05, 3.63) is 71.3 Å². The predicted octanol–water partition coefficient (Wildman–Crippen LogP) is 3.07. The monoisotopic (exact) mass is 381 g/mol. The Morgan fingerprint density at radius 1 is 1.07 bits per heavy atom. The Kier molecular flexibility index (Phi) is 4.27. The van der Waals surface area contributed by atoms with E-state index < -0.39 is 10.0 Å². The van der Waals surface area contributed by atoms with Gasteiger partial charge in [0.15, 0.2) is 0 Å². The van der Waals surface area contributed by atoms with Gasteiger partial charge in [-0.1, -0.05) is 60.2 Å². The third-order valence-electron chi connectivity index (χ3n) is 4.38. The molecule has 2 aromatic carbocycles. The van der Waals surface area contributed by atoms with E-state index in [1.807, 2.05) is 37.3 Å². The summed E-state index contributed by atoms with van der Waals surface area (Å²) in [4.78, 5) is 8.91. The van der Waals surface area contributed by atoms with Crippen molar-refractivity contribution >= 4 is 27.6 Å². The molecule has 1 aromatic heterocycles. The van der Waals surface area contributed by atoms with Crippen molar-refractivity contribution in [2.24, 2.45) is 4.99 Å². The quantitative estimate of drug-likeness (QED) is 0.752. The maximum atomic E-state index is 11.6. The molecule has 0 saturated carbocycles. The lowest BCUT2D eigenvalue weighted by atomic mass is 9.95. The highest BCUT2D eigenvalue weighted by Gasteiger charge is 2.28. The lowest BCUT2D eigenvalue weighted by Gasteiger charge is -2.23. The number of nitrogens with zero attached hydrogens (tertiary/aromatic N) is 4. The summed E-state index contributed by atoms with van der Waals surface area (Å²) in [5.74, 6) is 0.416. The molecular weight excluding hydrogens is 362 g/mol. The summed E-state index contributed by atoms with van der Waals surface area (Å²) in [6.07, 6.45) is 1.71. The number of aryl methyl sites for hydroxylation is 1. The fourth-order valence-electron chi connectivity index (χ4n) is 3.11. The maximum Gasteiger partial charge on any atom is 0.257 e. The minimum absolute atomic E-state index is 0.0303. The minimum Gasteiger partial charge on any atom is -0.250 e. The molecule has 8 heteroatoms. The van der Waals surface area contributed by atoms with E-state index in [1.165, 1.54) is 5.56 Å². The van der Waals surface area contributed by atoms with Gasteiger partial charge in [-0.3, -0.25) is 4.72 Å². The second-order valence-electron chi connectivity index (χ2n) is 6.61. The Hall–Kier alpha value is -3.00. The van der Waals surface area contributed by atoms with Gasteiger partial charge in [0, 0.05) is 6.42 Å². The SMILES string of the molecule is Cc1ccc(C2CC(c3ccccc3)=Nc3nc(NS(C)(=O)=O)nn32)cc1. The van der Waals surface area contributed by atoms with E-state index in [0.717, 1.165) is 23.1 Å². The van der Waals surface area contributed by atoms with Gasteiger partial charge in [0.2, 0.25) is 10.0 Å². The van der Waals surface area contributed by atoms with Crippen molar-refractivity contribution in [2.45, 2.75) is 19.4 Å². The third-order valence-corrected chi connectivity index (χ3v) is 4.93. The topological polar surface area (TPSA) is 89.2 Å². The predicted molar refractivity (Wildman–Crippen MR) is 105 cm³/mol. The number of fused-ring (bicyclic) bond motifs is 1. The van der Waals surface area contributed by atoms with Crippen molar-refractivity contribution in [1.29, 1.82) is 0 Å². The number of anilines is 1. The zero-order valence-electron chi connectivity index (χ0n) is 15.0. The number of rotatable bonds is 4. The van der Waals surface area contributed by atoms with E-state index in [1.54, 1.807) is 4.68 Å². The summed E-state index contributed by atoms with van der Waals surface area (Å²) in [5, 5.41) is 4.35. The van der Waals surface area contributed by atoms with Crippen molar-refractivity contribution in [3.8, 4) is 0 Å². The largest absolute Gasteiger partial charge is 0.257 e. The standard InChI is InChI=1S/C19H19N5O2S/c1-13-8-10-15(11-9-13)17-12-16(14-6-4-3-5-7-14)20-19-21-18(22-24(17)19)23-27(2,25)26/h3-11,17H,12H2,1-2H3,(H,22,23). The summed E-state index contributed by atoms with van der Waals surface area (Å²) in [7, 11) is -3.47. The van der Waals surface area contributed by atoms with Gasteiger partial charge in [-0.2, -0.15) is 4.98 Å². The Bertz CT molecular complexity index is 1100. The first-order valence-electron chi connectivity index (χ1n) is 8.53. The van der Waals surface area contributed by atoms with Crippen LogP contribution in [-0.2, 0) is 10.0 Å². The summed E-state index contributed by atoms with van der Waals surface area (Å²) in [5.41, 5.74) is 4.15. The molecule has 1 N–H and O–H groups in total. The van der Waals surface area contributed by atoms with Gasteiger partial charge in [-0.25, -0.2) is 18.1 Å². The molecule has 3 aromatic rings. The van der Waals surface area contributed by atoms with E-state index in [9.17, 15) is 8.42 Å². The van der Waals surface area contributed by atoms with E-state index in [-0.39, 0.29) is 12.0 Å². The van der Waals surface area contributed by atoms with Crippen LogP contribution in [0.1, 0.15) is 29.2 Å². The molecule has 0 spiro atoms. The first kappa shape index (κ1) is 17.4. The lowest BCUT2D eigenvalue weighted by molar-refractivity contribution is 0.532. The van der Waals surface area contributed by atoms with Crippen LogP contribution in [0.15, 0.2) is 59.6 Å². The molecule has 0 fully saturated rings. The molecule has 4 rings (SSSR count). The van der Waals surface area contributed by atoms with E-state index >= 15 is 0 Å². The average Bonchev–Trinajstić information content (AvgIpc) is 3.02. The van der Waals surface area contributed by atoms with E-state index in [4.69, 9.17) is 0 Å². The molecule has 1 aliphatic rings. The van der Waals surface area contributed by atoms with Gasteiger partial charge in [-0.05, 0) is 18.1 Å². The van der Waals surface area contributed by atoms with Crippen LogP contribution in [0.2, 0.25) is 0 Å². The molecule has 0 bridgehead atoms. The van der Waals surface area contributed by atoms with Crippen molar-refractivity contribution < 1.29 is 8.42 Å². The van der Waals surface area contributed by atoms with Gasteiger partial charge < -0.3 is 0 Å². The number of hydrogen-bond donors (Lipinski definition) is 1. The molecular formula is C19H19N5O2S. The Morgan fingerprint density at radius 2 is 1.78 bits per heavy atom. The van der Waals surface area contributed by atoms with E-state index in [0.29, 0.717) is 12.4 Å². The van der Waals surface area contributed by atoms with Crippen LogP contribution < -0.4 is 4.72 Å². The van der Waals surface area contributed by atoms with E-state index in [2.05, 4.69) is 44.1 Å². The van der Waals surface area contributed by atoms with Crippen LogP contribution >= 0.6 is 0 Å². The second kappa shape index (κ2) is 6.62.